The topological polar surface area (TPSA) is 43.7 Å². The minimum Gasteiger partial charge on any atom is -0.508 e. The average Bonchev–Trinajstić information content (AvgIpc) is 2.92. The van der Waals surface area contributed by atoms with Crippen LogP contribution in [0.4, 0.5) is 0 Å². The van der Waals surface area contributed by atoms with Gasteiger partial charge in [0, 0.05) is 17.5 Å². The monoisotopic (exact) mass is 339 g/mol. The second-order valence-electron chi connectivity index (χ2n) is 6.48. The highest BCUT2D eigenvalue weighted by Gasteiger charge is 2.33. The average molecular weight is 339 g/mol. The molecule has 1 aliphatic carbocycles. The van der Waals surface area contributed by atoms with Crippen molar-refractivity contribution in [1.29, 1.82) is 0 Å². The van der Waals surface area contributed by atoms with Crippen LogP contribution in [0, 0.1) is 0 Å². The predicted molar refractivity (Wildman–Crippen MR) is 96.9 cm³/mol. The molecule has 0 saturated heterocycles. The summed E-state index contributed by atoms with van der Waals surface area (Å²) in [4.78, 5) is 0.863. The third-order valence-corrected chi connectivity index (χ3v) is 5.76. The van der Waals surface area contributed by atoms with E-state index in [0.717, 1.165) is 17.9 Å². The molecule has 1 unspecified atom stereocenters. The number of phenols is 2. The van der Waals surface area contributed by atoms with Gasteiger partial charge in [0.1, 0.15) is 11.5 Å². The van der Waals surface area contributed by atoms with Crippen LogP contribution in [0.15, 0.2) is 59.0 Å². The Morgan fingerprint density at radius 3 is 2.54 bits per heavy atom. The molecule has 2 aromatic carbocycles. The molecular formula is C20H21NO2S. The second kappa shape index (κ2) is 6.54. The lowest BCUT2D eigenvalue weighted by Gasteiger charge is -2.28. The highest BCUT2D eigenvalue weighted by molar-refractivity contribution is 7.97. The molecule has 1 aliphatic heterocycles. The van der Waals surface area contributed by atoms with Crippen LogP contribution in [0.2, 0.25) is 0 Å². The van der Waals surface area contributed by atoms with Crippen LogP contribution in [0.3, 0.4) is 0 Å². The van der Waals surface area contributed by atoms with E-state index in [2.05, 4.69) is 34.6 Å². The van der Waals surface area contributed by atoms with E-state index in [4.69, 9.17) is 0 Å². The number of nitrogens with zero attached hydrogens (tertiary/aromatic N) is 1. The normalized spacial score (nSPS) is 20.7. The van der Waals surface area contributed by atoms with Gasteiger partial charge >= 0.3 is 0 Å². The fraction of sp³-hybridized carbons (Fsp3) is 0.300. The zero-order valence-electron chi connectivity index (χ0n) is 13.5. The van der Waals surface area contributed by atoms with E-state index in [-0.39, 0.29) is 17.5 Å². The Labute approximate surface area is 146 Å². The Morgan fingerprint density at radius 2 is 1.79 bits per heavy atom. The molecule has 1 heterocycles. The SMILES string of the molecule is Oc1cc(O)cc(SN2Cc3ccccc3C2C2=CCCCC2)c1. The van der Waals surface area contributed by atoms with Crippen LogP contribution in [-0.4, -0.2) is 14.5 Å². The molecule has 0 fully saturated rings. The number of hydrogen-bond donors (Lipinski definition) is 2. The Morgan fingerprint density at radius 1 is 1.00 bits per heavy atom. The van der Waals surface area contributed by atoms with E-state index >= 15 is 0 Å². The summed E-state index contributed by atoms with van der Waals surface area (Å²) in [7, 11) is 0. The molecule has 0 spiro atoms. The summed E-state index contributed by atoms with van der Waals surface area (Å²) in [5, 5.41) is 19.5. The summed E-state index contributed by atoms with van der Waals surface area (Å²) >= 11 is 1.61. The van der Waals surface area contributed by atoms with Gasteiger partial charge in [-0.05, 0) is 60.9 Å². The maximum atomic E-state index is 9.75. The number of phenolic OH excluding ortho intramolecular Hbond substituents is 2. The van der Waals surface area contributed by atoms with Crippen molar-refractivity contribution in [3.05, 3.63) is 65.2 Å². The lowest BCUT2D eigenvalue weighted by molar-refractivity contribution is 0.418. The summed E-state index contributed by atoms with van der Waals surface area (Å²) in [6.07, 6.45) is 7.27. The third kappa shape index (κ3) is 3.04. The van der Waals surface area contributed by atoms with Gasteiger partial charge < -0.3 is 10.2 Å². The van der Waals surface area contributed by atoms with Crippen molar-refractivity contribution in [3.63, 3.8) is 0 Å². The minimum absolute atomic E-state index is 0.0997. The molecule has 0 radical (unpaired) electrons. The first-order valence-electron chi connectivity index (χ1n) is 8.45. The molecule has 24 heavy (non-hydrogen) atoms. The molecule has 0 aromatic heterocycles. The molecule has 1 atom stereocenters. The lowest BCUT2D eigenvalue weighted by Crippen LogP contribution is -2.17. The van der Waals surface area contributed by atoms with E-state index in [0.29, 0.717) is 0 Å². The molecule has 4 heteroatoms. The number of benzene rings is 2. The standard InChI is InChI=1S/C20H21NO2S/c22-16-10-17(23)12-18(11-16)24-21-13-15-8-4-5-9-19(15)20(21)14-6-2-1-3-7-14/h4-6,8-12,20,22-23H,1-3,7,13H2. The lowest BCUT2D eigenvalue weighted by atomic mass is 9.90. The second-order valence-corrected chi connectivity index (χ2v) is 7.60. The van der Waals surface area contributed by atoms with Crippen molar-refractivity contribution in [3.8, 4) is 11.5 Å². The van der Waals surface area contributed by atoms with Gasteiger partial charge in [-0.2, -0.15) is 0 Å². The van der Waals surface area contributed by atoms with Gasteiger partial charge in [0.05, 0.1) is 6.04 Å². The van der Waals surface area contributed by atoms with Gasteiger partial charge in [-0.3, -0.25) is 0 Å². The van der Waals surface area contributed by atoms with Gasteiger partial charge in [-0.25, -0.2) is 4.31 Å². The number of fused-ring (bicyclic) bond motifs is 1. The summed E-state index contributed by atoms with van der Waals surface area (Å²) in [5.41, 5.74) is 4.26. The number of aromatic hydroxyl groups is 2. The van der Waals surface area contributed by atoms with Gasteiger partial charge in [0.15, 0.2) is 0 Å². The van der Waals surface area contributed by atoms with Gasteiger partial charge in [0.25, 0.3) is 0 Å². The van der Waals surface area contributed by atoms with Crippen LogP contribution in [0.1, 0.15) is 42.9 Å². The van der Waals surface area contributed by atoms with Crippen molar-refractivity contribution >= 4 is 11.9 Å². The summed E-state index contributed by atoms with van der Waals surface area (Å²) in [6, 6.07) is 13.7. The van der Waals surface area contributed by atoms with Crippen LogP contribution >= 0.6 is 11.9 Å². The summed E-state index contributed by atoms with van der Waals surface area (Å²) in [5.74, 6) is 0.199. The molecule has 4 rings (SSSR count). The Balaban J connectivity index is 1.67. The highest BCUT2D eigenvalue weighted by atomic mass is 32.2. The fourth-order valence-electron chi connectivity index (χ4n) is 3.70. The van der Waals surface area contributed by atoms with Crippen LogP contribution in [0.5, 0.6) is 11.5 Å². The molecule has 2 N–H and O–H groups in total. The van der Waals surface area contributed by atoms with Crippen molar-refractivity contribution < 1.29 is 10.2 Å². The summed E-state index contributed by atoms with van der Waals surface area (Å²) < 4.78 is 2.37. The summed E-state index contributed by atoms with van der Waals surface area (Å²) in [6.45, 7) is 0.874. The maximum Gasteiger partial charge on any atom is 0.120 e. The zero-order valence-corrected chi connectivity index (χ0v) is 14.3. The predicted octanol–water partition coefficient (Wildman–Crippen LogP) is 5.16. The first-order chi connectivity index (χ1) is 11.7. The van der Waals surface area contributed by atoms with Crippen LogP contribution < -0.4 is 0 Å². The fourth-order valence-corrected chi connectivity index (χ4v) is 4.87. The van der Waals surface area contributed by atoms with Gasteiger partial charge in [0.2, 0.25) is 0 Å². The highest BCUT2D eigenvalue weighted by Crippen LogP contribution is 2.47. The quantitative estimate of drug-likeness (QED) is 0.599. The molecule has 2 aromatic rings. The van der Waals surface area contributed by atoms with Crippen LogP contribution in [-0.2, 0) is 6.54 Å². The number of allylic oxidation sites excluding steroid dienone is 1. The van der Waals surface area contributed by atoms with Gasteiger partial charge in [-0.1, -0.05) is 35.9 Å². The largest absolute Gasteiger partial charge is 0.508 e. The molecule has 0 bridgehead atoms. The van der Waals surface area contributed by atoms with E-state index in [9.17, 15) is 10.2 Å². The number of hydrogen-bond acceptors (Lipinski definition) is 4. The molecular weight excluding hydrogens is 318 g/mol. The van der Waals surface area contributed by atoms with Crippen molar-refractivity contribution in [2.24, 2.45) is 0 Å². The number of rotatable bonds is 3. The van der Waals surface area contributed by atoms with Crippen LogP contribution in [0.25, 0.3) is 0 Å². The van der Waals surface area contributed by atoms with Crippen molar-refractivity contribution in [2.45, 2.75) is 43.2 Å². The molecule has 0 amide bonds. The van der Waals surface area contributed by atoms with Gasteiger partial charge in [-0.15, -0.1) is 0 Å². The maximum absolute atomic E-state index is 9.75. The Hall–Kier alpha value is -1.91. The Bertz CT molecular complexity index is 767. The van der Waals surface area contributed by atoms with Crippen molar-refractivity contribution in [1.82, 2.24) is 4.31 Å². The Kier molecular flexibility index (Phi) is 4.25. The first-order valence-corrected chi connectivity index (χ1v) is 9.22. The molecule has 3 nitrogen and oxygen atoms in total. The molecule has 2 aliphatic rings. The van der Waals surface area contributed by atoms with E-state index in [1.165, 1.54) is 42.0 Å². The smallest absolute Gasteiger partial charge is 0.120 e. The van der Waals surface area contributed by atoms with E-state index in [1.54, 1.807) is 24.1 Å². The molecule has 0 saturated carbocycles. The minimum atomic E-state index is 0.0997. The first kappa shape index (κ1) is 15.6. The van der Waals surface area contributed by atoms with E-state index in [1.807, 2.05) is 0 Å². The molecule has 124 valence electrons. The zero-order chi connectivity index (χ0) is 16.5. The van der Waals surface area contributed by atoms with Crippen molar-refractivity contribution in [2.75, 3.05) is 0 Å². The van der Waals surface area contributed by atoms with E-state index < -0.39 is 0 Å². The third-order valence-electron chi connectivity index (χ3n) is 4.74.